The largest absolute Gasteiger partial charge is 0.493 e. The van der Waals surface area contributed by atoms with Crippen LogP contribution < -0.4 is 9.47 Å². The fourth-order valence-corrected chi connectivity index (χ4v) is 1.59. The summed E-state index contributed by atoms with van der Waals surface area (Å²) in [4.78, 5) is 18.4. The summed E-state index contributed by atoms with van der Waals surface area (Å²) in [6, 6.07) is 5.67. The summed E-state index contributed by atoms with van der Waals surface area (Å²) >= 11 is 0. The molecule has 0 saturated carbocycles. The quantitative estimate of drug-likeness (QED) is 0.851. The zero-order valence-electron chi connectivity index (χ0n) is 11.6. The van der Waals surface area contributed by atoms with Crippen LogP contribution in [-0.4, -0.2) is 28.2 Å². The van der Waals surface area contributed by atoms with Gasteiger partial charge in [-0.3, -0.25) is 0 Å². The lowest BCUT2D eigenvalue weighted by Crippen LogP contribution is -1.95. The Morgan fingerprint density at radius 1 is 1.24 bits per heavy atom. The van der Waals surface area contributed by atoms with Crippen molar-refractivity contribution in [3.63, 3.8) is 0 Å². The van der Waals surface area contributed by atoms with Crippen LogP contribution in [0.2, 0.25) is 0 Å². The average Bonchev–Trinajstić information content (AvgIpc) is 2.48. The average molecular weight is 286 g/mol. The molecule has 0 aliphatic rings. The van der Waals surface area contributed by atoms with Crippen molar-refractivity contribution in [1.82, 2.24) is 9.97 Å². The Hall–Kier alpha value is -2.89. The van der Waals surface area contributed by atoms with E-state index in [1.807, 2.05) is 19.1 Å². The van der Waals surface area contributed by atoms with E-state index in [-0.39, 0.29) is 6.01 Å². The molecular weight excluding hydrogens is 272 g/mol. The topological polar surface area (TPSA) is 81.5 Å². The fourth-order valence-electron chi connectivity index (χ4n) is 1.59. The molecule has 0 bridgehead atoms. The molecular formula is C15H14N2O4. The Labute approximate surface area is 121 Å². The zero-order valence-corrected chi connectivity index (χ0v) is 11.6. The molecule has 6 nitrogen and oxygen atoms in total. The third-order valence-electron chi connectivity index (χ3n) is 2.59. The Balaban J connectivity index is 2.15. The van der Waals surface area contributed by atoms with Crippen LogP contribution in [0.4, 0.5) is 0 Å². The van der Waals surface area contributed by atoms with E-state index in [1.54, 1.807) is 13.2 Å². The van der Waals surface area contributed by atoms with Crippen LogP contribution in [0.25, 0.3) is 6.08 Å². The first-order chi connectivity index (χ1) is 10.1. The van der Waals surface area contributed by atoms with Gasteiger partial charge in [0.2, 0.25) is 0 Å². The summed E-state index contributed by atoms with van der Waals surface area (Å²) in [5, 5.41) is 8.54. The fraction of sp³-hybridized carbons (Fsp3) is 0.133. The van der Waals surface area contributed by atoms with Crippen molar-refractivity contribution in [2.45, 2.75) is 6.92 Å². The van der Waals surface area contributed by atoms with E-state index < -0.39 is 5.97 Å². The van der Waals surface area contributed by atoms with E-state index in [1.165, 1.54) is 18.5 Å². The number of aryl methyl sites for hydroxylation is 1. The normalized spacial score (nSPS) is 10.6. The number of methoxy groups -OCH3 is 1. The van der Waals surface area contributed by atoms with Gasteiger partial charge in [-0.05, 0) is 30.7 Å². The number of carboxylic acid groups (broad SMARTS) is 1. The number of carboxylic acids is 1. The van der Waals surface area contributed by atoms with E-state index in [2.05, 4.69) is 9.97 Å². The minimum Gasteiger partial charge on any atom is -0.493 e. The molecule has 0 saturated heterocycles. The molecule has 0 aliphatic heterocycles. The van der Waals surface area contributed by atoms with E-state index in [0.717, 1.165) is 11.6 Å². The smallest absolute Gasteiger partial charge is 0.328 e. The molecule has 0 atom stereocenters. The van der Waals surface area contributed by atoms with Crippen molar-refractivity contribution >= 4 is 12.0 Å². The van der Waals surface area contributed by atoms with Gasteiger partial charge >= 0.3 is 12.0 Å². The number of carbonyl (C=O) groups is 1. The molecule has 2 rings (SSSR count). The lowest BCUT2D eigenvalue weighted by Gasteiger charge is -2.09. The summed E-state index contributed by atoms with van der Waals surface area (Å²) in [5.41, 5.74) is 1.62. The molecule has 108 valence electrons. The van der Waals surface area contributed by atoms with Crippen molar-refractivity contribution in [2.24, 2.45) is 0 Å². The van der Waals surface area contributed by atoms with Gasteiger partial charge < -0.3 is 14.6 Å². The molecule has 0 aliphatic carbocycles. The molecule has 1 aromatic carbocycles. The van der Waals surface area contributed by atoms with Crippen molar-refractivity contribution in [3.8, 4) is 17.5 Å². The number of nitrogens with zero attached hydrogens (tertiary/aromatic N) is 2. The Bertz CT molecular complexity index is 666. The van der Waals surface area contributed by atoms with Crippen molar-refractivity contribution < 1.29 is 19.4 Å². The Kier molecular flexibility index (Phi) is 4.50. The van der Waals surface area contributed by atoms with E-state index >= 15 is 0 Å². The number of hydrogen-bond donors (Lipinski definition) is 1. The third kappa shape index (κ3) is 4.04. The number of benzene rings is 1. The van der Waals surface area contributed by atoms with Crippen LogP contribution in [0.5, 0.6) is 17.5 Å². The van der Waals surface area contributed by atoms with Gasteiger partial charge in [0.05, 0.1) is 7.11 Å². The SMILES string of the molecule is COc1cc(C)ccc1Oc1ncc(/C=C/C(=O)O)cn1. The van der Waals surface area contributed by atoms with Crippen molar-refractivity contribution in [2.75, 3.05) is 7.11 Å². The molecule has 1 heterocycles. The highest BCUT2D eigenvalue weighted by atomic mass is 16.5. The summed E-state index contributed by atoms with van der Waals surface area (Å²) in [7, 11) is 1.56. The van der Waals surface area contributed by atoms with Gasteiger partial charge in [-0.15, -0.1) is 0 Å². The van der Waals surface area contributed by atoms with Crippen molar-refractivity contribution in [3.05, 3.63) is 47.8 Å². The monoisotopic (exact) mass is 286 g/mol. The summed E-state index contributed by atoms with van der Waals surface area (Å²) in [6.45, 7) is 1.95. The third-order valence-corrected chi connectivity index (χ3v) is 2.59. The second-order valence-corrected chi connectivity index (χ2v) is 4.23. The minimum absolute atomic E-state index is 0.157. The summed E-state index contributed by atoms with van der Waals surface area (Å²) in [5.74, 6) is 0.0742. The van der Waals surface area contributed by atoms with Gasteiger partial charge in [0.1, 0.15) is 0 Å². The van der Waals surface area contributed by atoms with Crippen LogP contribution in [0.3, 0.4) is 0 Å². The lowest BCUT2D eigenvalue weighted by atomic mass is 10.2. The first kappa shape index (κ1) is 14.5. The molecule has 0 radical (unpaired) electrons. The van der Waals surface area contributed by atoms with Gasteiger partial charge in [0.25, 0.3) is 0 Å². The van der Waals surface area contributed by atoms with Crippen LogP contribution >= 0.6 is 0 Å². The van der Waals surface area contributed by atoms with Crippen molar-refractivity contribution in [1.29, 1.82) is 0 Å². The second kappa shape index (κ2) is 6.51. The zero-order chi connectivity index (χ0) is 15.2. The lowest BCUT2D eigenvalue weighted by molar-refractivity contribution is -0.131. The first-order valence-corrected chi connectivity index (χ1v) is 6.14. The van der Waals surface area contributed by atoms with E-state index in [4.69, 9.17) is 14.6 Å². The number of ether oxygens (including phenoxy) is 2. The Morgan fingerprint density at radius 3 is 2.57 bits per heavy atom. The molecule has 1 N–H and O–H groups in total. The maximum Gasteiger partial charge on any atom is 0.328 e. The molecule has 0 amide bonds. The first-order valence-electron chi connectivity index (χ1n) is 6.14. The predicted octanol–water partition coefficient (Wildman–Crippen LogP) is 2.68. The van der Waals surface area contributed by atoms with Crippen LogP contribution in [0.1, 0.15) is 11.1 Å². The summed E-state index contributed by atoms with van der Waals surface area (Å²) < 4.78 is 10.8. The van der Waals surface area contributed by atoms with Gasteiger partial charge in [-0.2, -0.15) is 0 Å². The van der Waals surface area contributed by atoms with Gasteiger partial charge in [-0.25, -0.2) is 14.8 Å². The van der Waals surface area contributed by atoms with Crippen LogP contribution in [-0.2, 0) is 4.79 Å². The number of aromatic nitrogens is 2. The molecule has 21 heavy (non-hydrogen) atoms. The van der Waals surface area contributed by atoms with Gasteiger partial charge in [0.15, 0.2) is 11.5 Å². The molecule has 1 aromatic heterocycles. The second-order valence-electron chi connectivity index (χ2n) is 4.23. The highest BCUT2D eigenvalue weighted by Crippen LogP contribution is 2.30. The van der Waals surface area contributed by atoms with Gasteiger partial charge in [0, 0.05) is 24.0 Å². The molecule has 0 fully saturated rings. The highest BCUT2D eigenvalue weighted by molar-refractivity contribution is 5.85. The Morgan fingerprint density at radius 2 is 1.95 bits per heavy atom. The molecule has 6 heteroatoms. The maximum atomic E-state index is 10.4. The van der Waals surface area contributed by atoms with Crippen LogP contribution in [0.15, 0.2) is 36.7 Å². The molecule has 0 spiro atoms. The van der Waals surface area contributed by atoms with Gasteiger partial charge in [-0.1, -0.05) is 6.07 Å². The minimum atomic E-state index is -1.03. The maximum absolute atomic E-state index is 10.4. The number of rotatable bonds is 5. The number of aliphatic carboxylic acids is 1. The molecule has 0 unspecified atom stereocenters. The van der Waals surface area contributed by atoms with Crippen LogP contribution in [0, 0.1) is 6.92 Å². The van der Waals surface area contributed by atoms with E-state index in [9.17, 15) is 4.79 Å². The molecule has 2 aromatic rings. The number of hydrogen-bond acceptors (Lipinski definition) is 5. The highest BCUT2D eigenvalue weighted by Gasteiger charge is 2.07. The summed E-state index contributed by atoms with van der Waals surface area (Å²) in [6.07, 6.45) is 5.37. The standard InChI is InChI=1S/C15H14N2O4/c1-10-3-5-12(13(7-10)20-2)21-15-16-8-11(9-17-15)4-6-14(18)19/h3-9H,1-2H3,(H,18,19)/b6-4+. The van der Waals surface area contributed by atoms with E-state index in [0.29, 0.717) is 17.1 Å². The predicted molar refractivity (Wildman–Crippen MR) is 76.5 cm³/mol.